The number of carbonyl (C=O) groups is 3. The molecule has 120 valence electrons. The van der Waals surface area contributed by atoms with Crippen molar-refractivity contribution in [1.82, 2.24) is 4.90 Å². The van der Waals surface area contributed by atoms with E-state index in [4.69, 9.17) is 14.2 Å². The van der Waals surface area contributed by atoms with Crippen LogP contribution in [0.1, 0.15) is 34.1 Å². The van der Waals surface area contributed by atoms with Crippen molar-refractivity contribution < 1.29 is 28.6 Å². The van der Waals surface area contributed by atoms with Gasteiger partial charge in [0.15, 0.2) is 5.78 Å². The van der Waals surface area contributed by atoms with Crippen LogP contribution in [-0.4, -0.2) is 60.8 Å². The molecule has 1 rings (SSSR count). The molecular formula is C14H23NO6. The molecule has 0 N–H and O–H groups in total. The van der Waals surface area contributed by atoms with Crippen LogP contribution < -0.4 is 0 Å². The summed E-state index contributed by atoms with van der Waals surface area (Å²) >= 11 is 0. The van der Waals surface area contributed by atoms with Crippen LogP contribution in [0.4, 0.5) is 4.79 Å². The van der Waals surface area contributed by atoms with Crippen LogP contribution in [0.2, 0.25) is 0 Å². The van der Waals surface area contributed by atoms with Crippen LogP contribution >= 0.6 is 0 Å². The van der Waals surface area contributed by atoms with Crippen LogP contribution in [0.15, 0.2) is 0 Å². The van der Waals surface area contributed by atoms with E-state index >= 15 is 0 Å². The van der Waals surface area contributed by atoms with Gasteiger partial charge in [-0.3, -0.25) is 9.59 Å². The van der Waals surface area contributed by atoms with Gasteiger partial charge in [-0.2, -0.15) is 0 Å². The molecule has 1 atom stereocenters. The Morgan fingerprint density at radius 3 is 2.52 bits per heavy atom. The molecule has 7 nitrogen and oxygen atoms in total. The molecule has 1 saturated heterocycles. The Bertz CT molecular complexity index is 401. The average Bonchev–Trinajstić information content (AvgIpc) is 2.37. The highest BCUT2D eigenvalue weighted by Crippen LogP contribution is 2.14. The molecule has 1 aliphatic heterocycles. The lowest BCUT2D eigenvalue weighted by atomic mass is 10.1. The minimum atomic E-state index is -0.810. The Morgan fingerprint density at radius 2 is 1.95 bits per heavy atom. The Morgan fingerprint density at radius 1 is 1.29 bits per heavy atom. The number of ketones is 1. The first-order valence-electron chi connectivity index (χ1n) is 7.00. The maximum Gasteiger partial charge on any atom is 0.410 e. The lowest BCUT2D eigenvalue weighted by molar-refractivity contribution is -0.149. The Labute approximate surface area is 124 Å². The molecule has 0 spiro atoms. The highest BCUT2D eigenvalue weighted by Gasteiger charge is 2.32. The van der Waals surface area contributed by atoms with Crippen LogP contribution in [-0.2, 0) is 23.8 Å². The number of nitrogens with zero attached hydrogens (tertiary/aromatic N) is 1. The van der Waals surface area contributed by atoms with Crippen molar-refractivity contribution in [3.05, 3.63) is 0 Å². The third-order valence-electron chi connectivity index (χ3n) is 2.70. The smallest absolute Gasteiger partial charge is 0.410 e. The number of hydrogen-bond acceptors (Lipinski definition) is 6. The predicted molar refractivity (Wildman–Crippen MR) is 73.8 cm³/mol. The zero-order chi connectivity index (χ0) is 16.0. The van der Waals surface area contributed by atoms with Crippen molar-refractivity contribution in [3.8, 4) is 0 Å². The Balaban J connectivity index is 2.53. The van der Waals surface area contributed by atoms with Gasteiger partial charge in [0.25, 0.3) is 0 Å². The maximum atomic E-state index is 12.0. The summed E-state index contributed by atoms with van der Waals surface area (Å²) in [6.45, 7) is 7.90. The van der Waals surface area contributed by atoms with Gasteiger partial charge in [0.2, 0.25) is 0 Å². The molecule has 1 heterocycles. The molecular weight excluding hydrogens is 278 g/mol. The van der Waals surface area contributed by atoms with Gasteiger partial charge in [-0.15, -0.1) is 0 Å². The third kappa shape index (κ3) is 6.12. The van der Waals surface area contributed by atoms with Crippen molar-refractivity contribution >= 4 is 17.8 Å². The van der Waals surface area contributed by atoms with Crippen LogP contribution in [0.5, 0.6) is 0 Å². The molecule has 1 fully saturated rings. The molecule has 0 saturated carbocycles. The Hall–Kier alpha value is -1.63. The fourth-order valence-electron chi connectivity index (χ4n) is 1.80. The summed E-state index contributed by atoms with van der Waals surface area (Å²) in [5.74, 6) is -0.970. The standard InChI is InChI=1S/C14H23NO6/c1-5-19-12(17)8-10(16)11-9-15(6-7-20-11)13(18)21-14(2,3)4/h11H,5-9H2,1-4H3/t11-/m0/s1. The molecule has 7 heteroatoms. The largest absolute Gasteiger partial charge is 0.466 e. The molecule has 0 unspecified atom stereocenters. The van der Waals surface area contributed by atoms with Crippen molar-refractivity contribution in [2.24, 2.45) is 0 Å². The highest BCUT2D eigenvalue weighted by molar-refractivity contribution is 5.98. The lowest BCUT2D eigenvalue weighted by Gasteiger charge is -2.33. The normalized spacial score (nSPS) is 19.0. The van der Waals surface area contributed by atoms with E-state index in [9.17, 15) is 14.4 Å². The second-order valence-corrected chi connectivity index (χ2v) is 5.73. The summed E-state index contributed by atoms with van der Waals surface area (Å²) in [4.78, 5) is 36.6. The summed E-state index contributed by atoms with van der Waals surface area (Å²) in [6.07, 6.45) is -1.64. The van der Waals surface area contributed by atoms with Gasteiger partial charge >= 0.3 is 12.1 Å². The van der Waals surface area contributed by atoms with Gasteiger partial charge in [0, 0.05) is 6.54 Å². The van der Waals surface area contributed by atoms with E-state index in [-0.39, 0.29) is 32.0 Å². The maximum absolute atomic E-state index is 12.0. The fraction of sp³-hybridized carbons (Fsp3) is 0.786. The van der Waals surface area contributed by atoms with Gasteiger partial charge < -0.3 is 19.1 Å². The number of hydrogen-bond donors (Lipinski definition) is 0. The summed E-state index contributed by atoms with van der Waals surface area (Å²) < 4.78 is 15.3. The SMILES string of the molecule is CCOC(=O)CC(=O)[C@@H]1CN(C(=O)OC(C)(C)C)CCO1. The number of carbonyl (C=O) groups excluding carboxylic acids is 3. The van der Waals surface area contributed by atoms with Gasteiger partial charge in [0.1, 0.15) is 18.1 Å². The molecule has 0 bridgehead atoms. The number of morpholine rings is 1. The molecule has 0 aromatic heterocycles. The summed E-state index contributed by atoms with van der Waals surface area (Å²) in [6, 6.07) is 0. The molecule has 1 aliphatic rings. The topological polar surface area (TPSA) is 82.1 Å². The van der Waals surface area contributed by atoms with E-state index in [0.717, 1.165) is 0 Å². The first kappa shape index (κ1) is 17.4. The van der Waals surface area contributed by atoms with Crippen molar-refractivity contribution in [3.63, 3.8) is 0 Å². The number of Topliss-reactive ketones (excluding diaryl/α,β-unsaturated/α-hetero) is 1. The highest BCUT2D eigenvalue weighted by atomic mass is 16.6. The van der Waals surface area contributed by atoms with E-state index in [2.05, 4.69) is 0 Å². The molecule has 0 radical (unpaired) electrons. The molecule has 0 aliphatic carbocycles. The second-order valence-electron chi connectivity index (χ2n) is 5.73. The number of esters is 1. The zero-order valence-corrected chi connectivity index (χ0v) is 13.0. The Kier molecular flexibility index (Phi) is 6.14. The molecule has 1 amide bonds. The minimum Gasteiger partial charge on any atom is -0.466 e. The number of rotatable bonds is 4. The number of amides is 1. The first-order chi connectivity index (χ1) is 9.73. The van der Waals surface area contributed by atoms with Crippen LogP contribution in [0, 0.1) is 0 Å². The lowest BCUT2D eigenvalue weighted by Crippen LogP contribution is -2.50. The van der Waals surface area contributed by atoms with E-state index in [0.29, 0.717) is 6.54 Å². The van der Waals surface area contributed by atoms with Gasteiger partial charge in [-0.25, -0.2) is 4.79 Å². The average molecular weight is 301 g/mol. The predicted octanol–water partition coefficient (Wildman–Crippen LogP) is 1.14. The quantitative estimate of drug-likeness (QED) is 0.572. The van der Waals surface area contributed by atoms with Crippen molar-refractivity contribution in [2.45, 2.75) is 45.8 Å². The molecule has 0 aromatic rings. The minimum absolute atomic E-state index is 0.0904. The second kappa shape index (κ2) is 7.40. The van der Waals surface area contributed by atoms with Crippen LogP contribution in [0.25, 0.3) is 0 Å². The van der Waals surface area contributed by atoms with E-state index in [1.807, 2.05) is 0 Å². The van der Waals surface area contributed by atoms with Crippen LogP contribution in [0.3, 0.4) is 0 Å². The summed E-state index contributed by atoms with van der Waals surface area (Å²) in [7, 11) is 0. The fourth-order valence-corrected chi connectivity index (χ4v) is 1.80. The number of ether oxygens (including phenoxy) is 3. The van der Waals surface area contributed by atoms with Crippen molar-refractivity contribution in [1.29, 1.82) is 0 Å². The van der Waals surface area contributed by atoms with E-state index in [1.54, 1.807) is 27.7 Å². The third-order valence-corrected chi connectivity index (χ3v) is 2.70. The van der Waals surface area contributed by atoms with Gasteiger partial charge in [-0.05, 0) is 27.7 Å². The zero-order valence-electron chi connectivity index (χ0n) is 13.0. The molecule has 21 heavy (non-hydrogen) atoms. The monoisotopic (exact) mass is 301 g/mol. The van der Waals surface area contributed by atoms with Gasteiger partial charge in [-0.1, -0.05) is 0 Å². The first-order valence-corrected chi connectivity index (χ1v) is 7.00. The summed E-state index contributed by atoms with van der Waals surface area (Å²) in [5.41, 5.74) is -0.597. The van der Waals surface area contributed by atoms with Crippen molar-refractivity contribution in [2.75, 3.05) is 26.3 Å². The molecule has 0 aromatic carbocycles. The summed E-state index contributed by atoms with van der Waals surface area (Å²) in [5, 5.41) is 0. The van der Waals surface area contributed by atoms with E-state index < -0.39 is 23.8 Å². The van der Waals surface area contributed by atoms with E-state index in [1.165, 1.54) is 4.90 Å². The van der Waals surface area contributed by atoms with Gasteiger partial charge in [0.05, 0.1) is 19.8 Å².